The molecule has 1 aromatic heterocycles. The lowest BCUT2D eigenvalue weighted by atomic mass is 9.87. The molecular formula is C15H20N4O. The highest BCUT2D eigenvalue weighted by Gasteiger charge is 2.19. The first kappa shape index (κ1) is 13.1. The van der Waals surface area contributed by atoms with Crippen molar-refractivity contribution in [2.75, 3.05) is 7.05 Å². The van der Waals surface area contributed by atoms with Gasteiger partial charge in [-0.05, 0) is 49.6 Å². The smallest absolute Gasteiger partial charge is 0.170 e. The maximum absolute atomic E-state index is 5.82. The van der Waals surface area contributed by atoms with Gasteiger partial charge in [0.2, 0.25) is 0 Å². The molecule has 20 heavy (non-hydrogen) atoms. The van der Waals surface area contributed by atoms with Gasteiger partial charge in [0.25, 0.3) is 0 Å². The third kappa shape index (κ3) is 2.54. The Balaban J connectivity index is 1.74. The van der Waals surface area contributed by atoms with Crippen LogP contribution in [-0.2, 0) is 20.1 Å². The first-order valence-electron chi connectivity index (χ1n) is 7.03. The highest BCUT2D eigenvalue weighted by atomic mass is 16.5. The Kier molecular flexibility index (Phi) is 3.69. The molecule has 0 bridgehead atoms. The number of aromatic nitrogens is 3. The Morgan fingerprint density at radius 1 is 1.45 bits per heavy atom. The van der Waals surface area contributed by atoms with Crippen molar-refractivity contribution in [3.8, 4) is 5.75 Å². The van der Waals surface area contributed by atoms with E-state index in [0.717, 1.165) is 18.0 Å². The lowest BCUT2D eigenvalue weighted by Gasteiger charge is -2.25. The molecule has 1 unspecified atom stereocenters. The van der Waals surface area contributed by atoms with Crippen molar-refractivity contribution in [3.63, 3.8) is 0 Å². The summed E-state index contributed by atoms with van der Waals surface area (Å²) < 4.78 is 7.69. The lowest BCUT2D eigenvalue weighted by molar-refractivity contribution is 0.290. The van der Waals surface area contributed by atoms with Crippen molar-refractivity contribution >= 4 is 0 Å². The van der Waals surface area contributed by atoms with E-state index >= 15 is 0 Å². The molecule has 5 heteroatoms. The zero-order valence-corrected chi connectivity index (χ0v) is 12.0. The van der Waals surface area contributed by atoms with Crippen LogP contribution in [-0.4, -0.2) is 21.8 Å². The summed E-state index contributed by atoms with van der Waals surface area (Å²) >= 11 is 0. The van der Waals surface area contributed by atoms with E-state index in [1.807, 2.05) is 24.7 Å². The summed E-state index contributed by atoms with van der Waals surface area (Å²) in [4.78, 5) is 0. The number of ether oxygens (including phenoxy) is 1. The van der Waals surface area contributed by atoms with Gasteiger partial charge in [0.1, 0.15) is 18.7 Å². The summed E-state index contributed by atoms with van der Waals surface area (Å²) in [5.74, 6) is 1.74. The fourth-order valence-corrected chi connectivity index (χ4v) is 2.77. The summed E-state index contributed by atoms with van der Waals surface area (Å²) in [6.45, 7) is 0.449. The monoisotopic (exact) mass is 272 g/mol. The molecule has 1 N–H and O–H groups in total. The van der Waals surface area contributed by atoms with Crippen LogP contribution in [0.1, 0.15) is 35.8 Å². The van der Waals surface area contributed by atoms with Crippen molar-refractivity contribution in [3.05, 3.63) is 41.5 Å². The number of nitrogens with zero attached hydrogens (tertiary/aromatic N) is 3. The molecule has 1 aliphatic carbocycles. The fourth-order valence-electron chi connectivity index (χ4n) is 2.77. The average molecular weight is 272 g/mol. The Morgan fingerprint density at radius 3 is 3.10 bits per heavy atom. The Morgan fingerprint density at radius 2 is 2.35 bits per heavy atom. The van der Waals surface area contributed by atoms with Crippen LogP contribution in [0.2, 0.25) is 0 Å². The SMILES string of the molecule is CNC1CCCc2cc(OCc3nncn3C)ccc21. The van der Waals surface area contributed by atoms with E-state index in [0.29, 0.717) is 12.6 Å². The summed E-state index contributed by atoms with van der Waals surface area (Å²) in [6, 6.07) is 6.87. The maximum atomic E-state index is 5.82. The van der Waals surface area contributed by atoms with Crippen LogP contribution < -0.4 is 10.1 Å². The summed E-state index contributed by atoms with van der Waals surface area (Å²) in [5, 5.41) is 11.3. The molecule has 1 heterocycles. The van der Waals surface area contributed by atoms with Crippen LogP contribution in [0.5, 0.6) is 5.75 Å². The van der Waals surface area contributed by atoms with Gasteiger partial charge in [-0.2, -0.15) is 0 Å². The van der Waals surface area contributed by atoms with Gasteiger partial charge in [0.15, 0.2) is 5.82 Å². The Hall–Kier alpha value is -1.88. The zero-order chi connectivity index (χ0) is 13.9. The summed E-state index contributed by atoms with van der Waals surface area (Å²) in [6.07, 6.45) is 5.26. The van der Waals surface area contributed by atoms with E-state index in [2.05, 4.69) is 27.6 Å². The molecule has 0 aliphatic heterocycles. The van der Waals surface area contributed by atoms with Crippen LogP contribution in [0.3, 0.4) is 0 Å². The third-order valence-corrected chi connectivity index (χ3v) is 3.95. The maximum Gasteiger partial charge on any atom is 0.170 e. The van der Waals surface area contributed by atoms with Crippen LogP contribution in [0.15, 0.2) is 24.5 Å². The van der Waals surface area contributed by atoms with E-state index in [9.17, 15) is 0 Å². The molecule has 5 nitrogen and oxygen atoms in total. The quantitative estimate of drug-likeness (QED) is 0.925. The predicted octanol–water partition coefficient (Wildman–Crippen LogP) is 1.99. The highest BCUT2D eigenvalue weighted by Crippen LogP contribution is 2.32. The van der Waals surface area contributed by atoms with E-state index in [4.69, 9.17) is 4.74 Å². The van der Waals surface area contributed by atoms with Crippen molar-refractivity contribution in [2.24, 2.45) is 7.05 Å². The minimum Gasteiger partial charge on any atom is -0.486 e. The Labute approximate surface area is 119 Å². The van der Waals surface area contributed by atoms with Crippen molar-refractivity contribution in [2.45, 2.75) is 31.9 Å². The van der Waals surface area contributed by atoms with Gasteiger partial charge in [-0.15, -0.1) is 10.2 Å². The molecule has 0 fully saturated rings. The molecule has 0 spiro atoms. The molecular weight excluding hydrogens is 252 g/mol. The predicted molar refractivity (Wildman–Crippen MR) is 76.5 cm³/mol. The van der Waals surface area contributed by atoms with Gasteiger partial charge in [0.05, 0.1) is 0 Å². The second kappa shape index (κ2) is 5.63. The molecule has 0 saturated carbocycles. The number of hydrogen-bond donors (Lipinski definition) is 1. The Bertz CT molecular complexity index is 593. The van der Waals surface area contributed by atoms with Gasteiger partial charge in [0, 0.05) is 13.1 Å². The second-order valence-electron chi connectivity index (χ2n) is 5.24. The largest absolute Gasteiger partial charge is 0.486 e. The van der Waals surface area contributed by atoms with Gasteiger partial charge >= 0.3 is 0 Å². The van der Waals surface area contributed by atoms with E-state index in [-0.39, 0.29) is 0 Å². The van der Waals surface area contributed by atoms with E-state index < -0.39 is 0 Å². The molecule has 1 aliphatic rings. The van der Waals surface area contributed by atoms with E-state index in [1.165, 1.54) is 24.0 Å². The topological polar surface area (TPSA) is 52.0 Å². The standard InChI is InChI=1S/C15H20N4O/c1-16-14-5-3-4-11-8-12(6-7-13(11)14)20-9-15-18-17-10-19(15)2/h6-8,10,14,16H,3-5,9H2,1-2H3. The van der Waals surface area contributed by atoms with Crippen LogP contribution in [0, 0.1) is 0 Å². The molecule has 106 valence electrons. The van der Waals surface area contributed by atoms with Crippen LogP contribution in [0.4, 0.5) is 0 Å². The minimum absolute atomic E-state index is 0.449. The fraction of sp³-hybridized carbons (Fsp3) is 0.467. The number of rotatable bonds is 4. The van der Waals surface area contributed by atoms with E-state index in [1.54, 1.807) is 6.33 Å². The van der Waals surface area contributed by atoms with Crippen molar-refractivity contribution in [1.29, 1.82) is 0 Å². The number of nitrogens with one attached hydrogen (secondary N) is 1. The van der Waals surface area contributed by atoms with Gasteiger partial charge in [-0.3, -0.25) is 0 Å². The van der Waals surface area contributed by atoms with Crippen LogP contribution in [0.25, 0.3) is 0 Å². The average Bonchev–Trinajstić information content (AvgIpc) is 2.89. The molecule has 0 amide bonds. The summed E-state index contributed by atoms with van der Waals surface area (Å²) in [7, 11) is 3.95. The number of hydrogen-bond acceptors (Lipinski definition) is 4. The van der Waals surface area contributed by atoms with Gasteiger partial charge in [-0.25, -0.2) is 0 Å². The van der Waals surface area contributed by atoms with Gasteiger partial charge in [-0.1, -0.05) is 6.07 Å². The van der Waals surface area contributed by atoms with Crippen molar-refractivity contribution < 1.29 is 4.74 Å². The number of fused-ring (bicyclic) bond motifs is 1. The summed E-state index contributed by atoms with van der Waals surface area (Å²) in [5.41, 5.74) is 2.80. The molecule has 3 rings (SSSR count). The third-order valence-electron chi connectivity index (χ3n) is 3.95. The first-order valence-corrected chi connectivity index (χ1v) is 7.03. The highest BCUT2D eigenvalue weighted by molar-refractivity contribution is 5.39. The molecule has 0 saturated heterocycles. The van der Waals surface area contributed by atoms with Crippen molar-refractivity contribution in [1.82, 2.24) is 20.1 Å². The van der Waals surface area contributed by atoms with Crippen LogP contribution >= 0.6 is 0 Å². The normalized spacial score (nSPS) is 17.8. The number of aryl methyl sites for hydroxylation is 2. The lowest BCUT2D eigenvalue weighted by Crippen LogP contribution is -2.21. The zero-order valence-electron chi connectivity index (χ0n) is 12.0. The van der Waals surface area contributed by atoms with Gasteiger partial charge < -0.3 is 14.6 Å². The molecule has 1 aromatic carbocycles. The molecule has 1 atom stereocenters. The molecule has 0 radical (unpaired) electrons. The molecule has 2 aromatic rings. The second-order valence-corrected chi connectivity index (χ2v) is 5.24. The first-order chi connectivity index (χ1) is 9.78. The minimum atomic E-state index is 0.449. The number of benzene rings is 1.